The summed E-state index contributed by atoms with van der Waals surface area (Å²) in [5.41, 5.74) is 2.60. The van der Waals surface area contributed by atoms with Gasteiger partial charge < -0.3 is 19.5 Å². The van der Waals surface area contributed by atoms with Crippen LogP contribution in [0.5, 0.6) is 11.5 Å². The second kappa shape index (κ2) is 10.3. The van der Waals surface area contributed by atoms with Gasteiger partial charge in [-0.2, -0.15) is 0 Å². The second-order valence-electron chi connectivity index (χ2n) is 9.08. The zero-order valence-corrected chi connectivity index (χ0v) is 20.9. The fourth-order valence-electron chi connectivity index (χ4n) is 5.08. The van der Waals surface area contributed by atoms with Crippen LogP contribution in [0.25, 0.3) is 5.76 Å². The maximum atomic E-state index is 13.4. The highest BCUT2D eigenvalue weighted by molar-refractivity contribution is 6.51. The van der Waals surface area contributed by atoms with Gasteiger partial charge in [0.05, 0.1) is 31.4 Å². The van der Waals surface area contributed by atoms with E-state index in [2.05, 4.69) is 9.88 Å². The van der Waals surface area contributed by atoms with Gasteiger partial charge in [0.2, 0.25) is 0 Å². The number of ether oxygens (including phenoxy) is 2. The van der Waals surface area contributed by atoms with Crippen molar-refractivity contribution in [3.63, 3.8) is 0 Å². The van der Waals surface area contributed by atoms with Crippen LogP contribution in [-0.4, -0.2) is 49.1 Å². The third-order valence-electron chi connectivity index (χ3n) is 6.98. The summed E-state index contributed by atoms with van der Waals surface area (Å²) >= 11 is 0. The number of aliphatic hydroxyl groups is 1. The Labute approximate surface area is 215 Å². The Kier molecular flexibility index (Phi) is 6.81. The first-order chi connectivity index (χ1) is 18.0. The maximum absolute atomic E-state index is 13.4. The van der Waals surface area contributed by atoms with Crippen LogP contribution < -0.4 is 19.3 Å². The van der Waals surface area contributed by atoms with Crippen molar-refractivity contribution in [3.8, 4) is 11.5 Å². The molecule has 8 nitrogen and oxygen atoms in total. The molecule has 2 aromatic carbocycles. The van der Waals surface area contributed by atoms with Gasteiger partial charge in [-0.25, -0.2) is 0 Å². The van der Waals surface area contributed by atoms with Crippen LogP contribution in [-0.2, 0) is 9.59 Å². The van der Waals surface area contributed by atoms with Crippen molar-refractivity contribution >= 4 is 28.8 Å². The van der Waals surface area contributed by atoms with E-state index >= 15 is 0 Å². The molecule has 0 spiro atoms. The summed E-state index contributed by atoms with van der Waals surface area (Å²) in [4.78, 5) is 34.7. The van der Waals surface area contributed by atoms with E-state index < -0.39 is 17.7 Å². The van der Waals surface area contributed by atoms with Crippen molar-refractivity contribution < 1.29 is 24.2 Å². The summed E-state index contributed by atoms with van der Waals surface area (Å²) in [6.45, 7) is 2.01. The SMILES string of the molecule is COc1ccc(/C(O)=C2/C(=O)C(=O)N(c3ccc(N4CCCCC4)cc3)C2c2ccncc2)c(OC)c1. The number of aromatic nitrogens is 1. The molecule has 1 N–H and O–H groups in total. The van der Waals surface area contributed by atoms with Crippen LogP contribution in [0.2, 0.25) is 0 Å². The molecule has 3 heterocycles. The molecule has 37 heavy (non-hydrogen) atoms. The lowest BCUT2D eigenvalue weighted by atomic mass is 9.95. The van der Waals surface area contributed by atoms with Gasteiger partial charge in [0.25, 0.3) is 11.7 Å². The molecule has 2 aliphatic rings. The Morgan fingerprint density at radius 2 is 1.57 bits per heavy atom. The number of anilines is 2. The summed E-state index contributed by atoms with van der Waals surface area (Å²) < 4.78 is 10.7. The number of methoxy groups -OCH3 is 2. The van der Waals surface area contributed by atoms with E-state index in [1.54, 1.807) is 42.7 Å². The first kappa shape index (κ1) is 24.4. The lowest BCUT2D eigenvalue weighted by Crippen LogP contribution is -2.30. The third-order valence-corrected chi connectivity index (χ3v) is 6.98. The zero-order valence-electron chi connectivity index (χ0n) is 20.9. The molecule has 0 aliphatic carbocycles. The normalized spacial score (nSPS) is 19.2. The van der Waals surface area contributed by atoms with Gasteiger partial charge in [0, 0.05) is 42.9 Å². The standard InChI is InChI=1S/C29H29N3O5/c1-36-22-10-11-23(24(18-22)37-2)27(33)25-26(19-12-14-30-15-13-19)32(29(35)28(25)34)21-8-6-20(7-9-21)31-16-4-3-5-17-31/h6-15,18,26,33H,3-5,16-17H2,1-2H3/b27-25-. The predicted octanol–water partition coefficient (Wildman–Crippen LogP) is 4.72. The minimum Gasteiger partial charge on any atom is -0.507 e. The molecule has 1 unspecified atom stereocenters. The topological polar surface area (TPSA) is 92.2 Å². The van der Waals surface area contributed by atoms with Crippen LogP contribution in [0, 0.1) is 0 Å². The molecule has 2 aliphatic heterocycles. The number of nitrogens with zero attached hydrogens (tertiary/aromatic N) is 3. The fraction of sp³-hybridized carbons (Fsp3) is 0.276. The fourth-order valence-corrected chi connectivity index (χ4v) is 5.08. The lowest BCUT2D eigenvalue weighted by molar-refractivity contribution is -0.132. The molecule has 3 aromatic rings. The quantitative estimate of drug-likeness (QED) is 0.298. The maximum Gasteiger partial charge on any atom is 0.300 e. The summed E-state index contributed by atoms with van der Waals surface area (Å²) in [5.74, 6) is -0.929. The van der Waals surface area contributed by atoms with Crippen LogP contribution in [0.4, 0.5) is 11.4 Å². The van der Waals surface area contributed by atoms with Crippen molar-refractivity contribution in [2.24, 2.45) is 0 Å². The average Bonchev–Trinajstić information content (AvgIpc) is 3.23. The van der Waals surface area contributed by atoms with Crippen LogP contribution in [0.15, 0.2) is 72.6 Å². The molecular weight excluding hydrogens is 470 g/mol. The highest BCUT2D eigenvalue weighted by Crippen LogP contribution is 2.43. The van der Waals surface area contributed by atoms with E-state index in [1.807, 2.05) is 24.3 Å². The van der Waals surface area contributed by atoms with Gasteiger partial charge in [-0.05, 0) is 73.4 Å². The molecule has 0 saturated carbocycles. The van der Waals surface area contributed by atoms with E-state index in [0.717, 1.165) is 31.6 Å². The van der Waals surface area contributed by atoms with Crippen molar-refractivity contribution in [1.82, 2.24) is 4.98 Å². The van der Waals surface area contributed by atoms with E-state index in [9.17, 15) is 14.7 Å². The van der Waals surface area contributed by atoms with Gasteiger partial charge in [0.15, 0.2) is 0 Å². The molecular formula is C29H29N3O5. The highest BCUT2D eigenvalue weighted by atomic mass is 16.5. The number of aliphatic hydroxyl groups excluding tert-OH is 1. The van der Waals surface area contributed by atoms with Crippen LogP contribution in [0.3, 0.4) is 0 Å². The van der Waals surface area contributed by atoms with Crippen LogP contribution in [0.1, 0.15) is 36.4 Å². The Bertz CT molecular complexity index is 1330. The summed E-state index contributed by atoms with van der Waals surface area (Å²) in [5, 5.41) is 11.4. The van der Waals surface area contributed by atoms with Gasteiger partial charge >= 0.3 is 0 Å². The highest BCUT2D eigenvalue weighted by Gasteiger charge is 2.47. The van der Waals surface area contributed by atoms with E-state index in [0.29, 0.717) is 28.3 Å². The lowest BCUT2D eigenvalue weighted by Gasteiger charge is -2.30. The molecule has 2 fully saturated rings. The molecule has 190 valence electrons. The van der Waals surface area contributed by atoms with Crippen LogP contribution >= 0.6 is 0 Å². The number of Topliss-reactive ketones (excluding diaryl/α,β-unsaturated/α-hetero) is 1. The number of amides is 1. The Hall–Kier alpha value is -4.33. The molecule has 1 amide bonds. The summed E-state index contributed by atoms with van der Waals surface area (Å²) in [6, 6.07) is 15.2. The first-order valence-corrected chi connectivity index (χ1v) is 12.3. The Balaban J connectivity index is 1.61. The van der Waals surface area contributed by atoms with Gasteiger partial charge in [-0.15, -0.1) is 0 Å². The molecule has 0 bridgehead atoms. The number of piperidine rings is 1. The first-order valence-electron chi connectivity index (χ1n) is 12.3. The zero-order chi connectivity index (χ0) is 25.9. The van der Waals surface area contributed by atoms with E-state index in [1.165, 1.54) is 25.5 Å². The third kappa shape index (κ3) is 4.50. The number of carbonyl (C=O) groups is 2. The van der Waals surface area contributed by atoms with Crippen molar-refractivity contribution in [2.45, 2.75) is 25.3 Å². The van der Waals surface area contributed by atoms with Crippen molar-refractivity contribution in [1.29, 1.82) is 0 Å². The molecule has 8 heteroatoms. The Morgan fingerprint density at radius 3 is 2.22 bits per heavy atom. The number of pyridine rings is 1. The minimum absolute atomic E-state index is 0.0141. The number of carbonyl (C=O) groups excluding carboxylic acids is 2. The minimum atomic E-state index is -0.837. The number of ketones is 1. The van der Waals surface area contributed by atoms with Gasteiger partial charge in [-0.1, -0.05) is 0 Å². The van der Waals surface area contributed by atoms with Crippen molar-refractivity contribution in [2.75, 3.05) is 37.1 Å². The van der Waals surface area contributed by atoms with E-state index in [-0.39, 0.29) is 11.3 Å². The van der Waals surface area contributed by atoms with E-state index in [4.69, 9.17) is 9.47 Å². The van der Waals surface area contributed by atoms with Gasteiger partial charge in [-0.3, -0.25) is 19.5 Å². The largest absolute Gasteiger partial charge is 0.507 e. The summed E-state index contributed by atoms with van der Waals surface area (Å²) in [7, 11) is 2.99. The molecule has 1 atom stereocenters. The predicted molar refractivity (Wildman–Crippen MR) is 141 cm³/mol. The molecule has 2 saturated heterocycles. The van der Waals surface area contributed by atoms with Gasteiger partial charge in [0.1, 0.15) is 17.3 Å². The molecule has 0 radical (unpaired) electrons. The molecule has 5 rings (SSSR count). The number of benzene rings is 2. The Morgan fingerprint density at radius 1 is 0.892 bits per heavy atom. The monoisotopic (exact) mass is 499 g/mol. The number of hydrogen-bond acceptors (Lipinski definition) is 7. The number of hydrogen-bond donors (Lipinski definition) is 1. The second-order valence-corrected chi connectivity index (χ2v) is 9.08. The van der Waals surface area contributed by atoms with Crippen molar-refractivity contribution in [3.05, 3.63) is 83.7 Å². The number of rotatable bonds is 6. The average molecular weight is 500 g/mol. The smallest absolute Gasteiger partial charge is 0.300 e. The molecule has 1 aromatic heterocycles. The summed E-state index contributed by atoms with van der Waals surface area (Å²) in [6.07, 6.45) is 6.76.